The van der Waals surface area contributed by atoms with E-state index in [-0.39, 0.29) is 11.7 Å². The quantitative estimate of drug-likeness (QED) is 0.447. The van der Waals surface area contributed by atoms with Crippen molar-refractivity contribution in [2.75, 3.05) is 12.4 Å². The molecule has 0 atom stereocenters. The Morgan fingerprint density at radius 1 is 1.10 bits per heavy atom. The summed E-state index contributed by atoms with van der Waals surface area (Å²) < 4.78 is 10.7. The van der Waals surface area contributed by atoms with E-state index in [0.29, 0.717) is 23.1 Å². The first-order chi connectivity index (χ1) is 10.2. The molecule has 0 unspecified atom stereocenters. The molecule has 0 radical (unpaired) electrons. The summed E-state index contributed by atoms with van der Waals surface area (Å²) in [4.78, 5) is 12.8. The van der Waals surface area contributed by atoms with Crippen LogP contribution in [0.3, 0.4) is 0 Å². The van der Waals surface area contributed by atoms with Gasteiger partial charge in [0.05, 0.1) is 17.4 Å². The predicted octanol–water partition coefficient (Wildman–Crippen LogP) is 4.44. The van der Waals surface area contributed by atoms with E-state index < -0.39 is 0 Å². The standard InChI is InChI=1S/C16H15ClO3S/c1-2-19-13-8-4-5-9-14(13)20-16(18)11-21-15-10-6-3-7-12(15)17/h3-10H,2,11H2,1H3. The van der Waals surface area contributed by atoms with Crippen LogP contribution in [-0.4, -0.2) is 18.3 Å². The van der Waals surface area contributed by atoms with Gasteiger partial charge in [-0.25, -0.2) is 0 Å². The fraction of sp³-hybridized carbons (Fsp3) is 0.188. The average molecular weight is 323 g/mol. The molecular weight excluding hydrogens is 308 g/mol. The Balaban J connectivity index is 1.95. The Bertz CT molecular complexity index is 616. The number of para-hydroxylation sites is 2. The van der Waals surface area contributed by atoms with Crippen molar-refractivity contribution in [3.8, 4) is 11.5 Å². The van der Waals surface area contributed by atoms with Crippen molar-refractivity contribution in [1.82, 2.24) is 0 Å². The molecule has 0 fully saturated rings. The zero-order chi connectivity index (χ0) is 15.1. The van der Waals surface area contributed by atoms with Crippen molar-refractivity contribution >= 4 is 29.3 Å². The third-order valence-electron chi connectivity index (χ3n) is 2.55. The summed E-state index contributed by atoms with van der Waals surface area (Å²) in [5, 5.41) is 0.630. The van der Waals surface area contributed by atoms with Crippen LogP contribution in [0.5, 0.6) is 11.5 Å². The van der Waals surface area contributed by atoms with Gasteiger partial charge in [0.15, 0.2) is 11.5 Å². The highest BCUT2D eigenvalue weighted by Crippen LogP contribution is 2.29. The van der Waals surface area contributed by atoms with Crippen LogP contribution in [0.2, 0.25) is 5.02 Å². The molecule has 0 aromatic heterocycles. The van der Waals surface area contributed by atoms with Crippen LogP contribution < -0.4 is 9.47 Å². The van der Waals surface area contributed by atoms with E-state index in [1.54, 1.807) is 24.3 Å². The second-order valence-electron chi connectivity index (χ2n) is 4.07. The molecule has 0 saturated heterocycles. The summed E-state index contributed by atoms with van der Waals surface area (Å²) in [5.74, 6) is 0.844. The van der Waals surface area contributed by atoms with Crippen LogP contribution in [0.4, 0.5) is 0 Å². The van der Waals surface area contributed by atoms with Gasteiger partial charge < -0.3 is 9.47 Å². The molecule has 0 aliphatic carbocycles. The number of carbonyl (C=O) groups excluding carboxylic acids is 1. The lowest BCUT2D eigenvalue weighted by molar-refractivity contribution is -0.131. The second kappa shape index (κ2) is 7.96. The molecular formula is C16H15ClO3S. The third kappa shape index (κ3) is 4.69. The zero-order valence-electron chi connectivity index (χ0n) is 11.5. The van der Waals surface area contributed by atoms with Gasteiger partial charge >= 0.3 is 5.97 Å². The Morgan fingerprint density at radius 2 is 1.76 bits per heavy atom. The molecule has 0 saturated carbocycles. The van der Waals surface area contributed by atoms with Gasteiger partial charge in [0.25, 0.3) is 0 Å². The van der Waals surface area contributed by atoms with Crippen LogP contribution in [0, 0.1) is 0 Å². The van der Waals surface area contributed by atoms with E-state index in [4.69, 9.17) is 21.1 Å². The molecule has 21 heavy (non-hydrogen) atoms. The van der Waals surface area contributed by atoms with Crippen LogP contribution in [0.1, 0.15) is 6.92 Å². The van der Waals surface area contributed by atoms with Crippen molar-refractivity contribution in [2.24, 2.45) is 0 Å². The van der Waals surface area contributed by atoms with E-state index in [0.717, 1.165) is 4.90 Å². The van der Waals surface area contributed by atoms with E-state index in [2.05, 4.69) is 0 Å². The Labute approximate surface area is 133 Å². The van der Waals surface area contributed by atoms with Gasteiger partial charge in [0, 0.05) is 4.90 Å². The van der Waals surface area contributed by atoms with Crippen molar-refractivity contribution in [1.29, 1.82) is 0 Å². The second-order valence-corrected chi connectivity index (χ2v) is 5.50. The van der Waals surface area contributed by atoms with Gasteiger partial charge in [-0.05, 0) is 31.2 Å². The summed E-state index contributed by atoms with van der Waals surface area (Å²) in [6, 6.07) is 14.5. The SMILES string of the molecule is CCOc1ccccc1OC(=O)CSc1ccccc1Cl. The summed E-state index contributed by atoms with van der Waals surface area (Å²) in [6.07, 6.45) is 0. The summed E-state index contributed by atoms with van der Waals surface area (Å²) in [5.41, 5.74) is 0. The summed E-state index contributed by atoms with van der Waals surface area (Å²) in [6.45, 7) is 2.40. The van der Waals surface area contributed by atoms with Crippen LogP contribution in [0.15, 0.2) is 53.4 Å². The summed E-state index contributed by atoms with van der Waals surface area (Å²) in [7, 11) is 0. The smallest absolute Gasteiger partial charge is 0.321 e. The fourth-order valence-corrected chi connectivity index (χ4v) is 2.67. The molecule has 2 aromatic carbocycles. The number of benzene rings is 2. The topological polar surface area (TPSA) is 35.5 Å². The number of thioether (sulfide) groups is 1. The Kier molecular flexibility index (Phi) is 5.96. The molecule has 0 aliphatic heterocycles. The average Bonchev–Trinajstić information content (AvgIpc) is 2.49. The zero-order valence-corrected chi connectivity index (χ0v) is 13.1. The maximum Gasteiger partial charge on any atom is 0.321 e. The van der Waals surface area contributed by atoms with Gasteiger partial charge in [-0.3, -0.25) is 4.79 Å². The Hall–Kier alpha value is -1.65. The minimum atomic E-state index is -0.341. The van der Waals surface area contributed by atoms with Gasteiger partial charge in [0.2, 0.25) is 0 Å². The maximum absolute atomic E-state index is 11.9. The highest BCUT2D eigenvalue weighted by molar-refractivity contribution is 8.00. The van der Waals surface area contributed by atoms with E-state index in [1.165, 1.54) is 11.8 Å². The van der Waals surface area contributed by atoms with Gasteiger partial charge in [-0.15, -0.1) is 11.8 Å². The van der Waals surface area contributed by atoms with Crippen LogP contribution in [0.25, 0.3) is 0 Å². The normalized spacial score (nSPS) is 10.2. The highest BCUT2D eigenvalue weighted by Gasteiger charge is 2.11. The molecule has 0 aliphatic rings. The van der Waals surface area contributed by atoms with Crippen molar-refractivity contribution in [2.45, 2.75) is 11.8 Å². The molecule has 110 valence electrons. The van der Waals surface area contributed by atoms with E-state index in [1.807, 2.05) is 31.2 Å². The van der Waals surface area contributed by atoms with Gasteiger partial charge in [-0.2, -0.15) is 0 Å². The van der Waals surface area contributed by atoms with E-state index >= 15 is 0 Å². The lowest BCUT2D eigenvalue weighted by Gasteiger charge is -2.10. The van der Waals surface area contributed by atoms with Crippen molar-refractivity contribution in [3.05, 3.63) is 53.6 Å². The number of rotatable bonds is 6. The van der Waals surface area contributed by atoms with Gasteiger partial charge in [0.1, 0.15) is 0 Å². The van der Waals surface area contributed by atoms with Crippen molar-refractivity contribution < 1.29 is 14.3 Å². The number of esters is 1. The minimum Gasteiger partial charge on any atom is -0.490 e. The molecule has 5 heteroatoms. The molecule has 0 bridgehead atoms. The largest absolute Gasteiger partial charge is 0.490 e. The molecule has 3 nitrogen and oxygen atoms in total. The maximum atomic E-state index is 11.9. The molecule has 0 heterocycles. The first-order valence-electron chi connectivity index (χ1n) is 6.50. The first kappa shape index (κ1) is 15.7. The van der Waals surface area contributed by atoms with Crippen molar-refractivity contribution in [3.63, 3.8) is 0 Å². The van der Waals surface area contributed by atoms with Gasteiger partial charge in [-0.1, -0.05) is 35.9 Å². The van der Waals surface area contributed by atoms with E-state index in [9.17, 15) is 4.79 Å². The lowest BCUT2D eigenvalue weighted by Crippen LogP contribution is -2.11. The lowest BCUT2D eigenvalue weighted by atomic mass is 10.3. The monoisotopic (exact) mass is 322 g/mol. The molecule has 2 rings (SSSR count). The molecule has 0 N–H and O–H groups in total. The number of ether oxygens (including phenoxy) is 2. The number of halogens is 1. The highest BCUT2D eigenvalue weighted by atomic mass is 35.5. The molecule has 0 amide bonds. The minimum absolute atomic E-state index is 0.185. The summed E-state index contributed by atoms with van der Waals surface area (Å²) >= 11 is 7.39. The fourth-order valence-electron chi connectivity index (χ4n) is 1.66. The van der Waals surface area contributed by atoms with Crippen LogP contribution in [-0.2, 0) is 4.79 Å². The first-order valence-corrected chi connectivity index (χ1v) is 7.87. The van der Waals surface area contributed by atoms with Crippen LogP contribution >= 0.6 is 23.4 Å². The number of carbonyl (C=O) groups is 1. The molecule has 0 spiro atoms. The Morgan fingerprint density at radius 3 is 2.48 bits per heavy atom. The number of hydrogen-bond donors (Lipinski definition) is 0. The third-order valence-corrected chi connectivity index (χ3v) is 4.04. The number of hydrogen-bond acceptors (Lipinski definition) is 4. The molecule has 2 aromatic rings. The predicted molar refractivity (Wildman–Crippen MR) is 85.4 cm³/mol.